The Morgan fingerprint density at radius 2 is 0.889 bits per heavy atom. The number of rotatable bonds is 15. The molecule has 0 radical (unpaired) electrons. The smallest absolute Gasteiger partial charge is 0.303 e. The van der Waals surface area contributed by atoms with E-state index in [1.165, 1.54) is 98.1 Å². The number of hydrogen-bond donors (Lipinski definition) is 6. The number of ether oxygens (including phenoxy) is 1. The topological polar surface area (TPSA) is 325 Å². The Morgan fingerprint density at radius 1 is 0.500 bits per heavy atom. The number of aliphatic hydroxyl groups is 2. The van der Waals surface area contributed by atoms with Crippen molar-refractivity contribution in [2.24, 2.45) is 35.5 Å². The first-order valence-electron chi connectivity index (χ1n) is 32.0. The maximum Gasteiger partial charge on any atom is 0.303 e. The van der Waals surface area contributed by atoms with Gasteiger partial charge in [-0.05, 0) is 88.4 Å². The Labute approximate surface area is 538 Å². The van der Waals surface area contributed by atoms with Gasteiger partial charge < -0.3 is 70.5 Å². The van der Waals surface area contributed by atoms with Crippen LogP contribution in [-0.2, 0) is 62.3 Å². The van der Waals surface area contributed by atoms with Gasteiger partial charge in [0.25, 0.3) is 0 Å². The van der Waals surface area contributed by atoms with Crippen molar-refractivity contribution in [1.82, 2.24) is 55.6 Å². The maximum atomic E-state index is 14.8. The number of hydrogen-bond acceptors (Lipinski definition) is 15. The molecule has 0 aromatic heterocycles. The third-order valence-electron chi connectivity index (χ3n) is 15.4. The summed E-state index contributed by atoms with van der Waals surface area (Å²) in [5.41, 5.74) is 0. The summed E-state index contributed by atoms with van der Waals surface area (Å²) in [5.74, 6) is -11.2. The molecule has 1 rings (SSSR count). The highest BCUT2D eigenvalue weighted by Crippen LogP contribution is 2.25. The number of nitrogens with one attached hydrogen (secondary N) is 4. The van der Waals surface area contributed by atoms with Crippen LogP contribution in [0.5, 0.6) is 0 Å². The van der Waals surface area contributed by atoms with Gasteiger partial charge in [-0.25, -0.2) is 0 Å². The minimum Gasteiger partial charge on any atom is -0.459 e. The van der Waals surface area contributed by atoms with Crippen LogP contribution in [-0.4, -0.2) is 251 Å². The van der Waals surface area contributed by atoms with Crippen molar-refractivity contribution in [2.75, 3.05) is 69.0 Å². The quantitative estimate of drug-likeness (QED) is 0.128. The average Bonchev–Trinajstić information content (AvgIpc) is 0.996. The number of nitrogens with zero attached hydrogens (tertiary/aromatic N) is 7. The summed E-state index contributed by atoms with van der Waals surface area (Å²) in [6.45, 7) is 31.0. The SMILES string of the molecule is CC.CC(=O)O[C@@H](C1C(=O)NCC(=O)N(C)CC(=O)N(C)[C@@H](CC(C)C)C(=O)NC(C(C)C)C(=O)N(C)[C@@H](CC(C)C)C(=O)N[C@@H](C)C(=O)N[C@H](C)C(=O)N(C)[C@@H](CC(C)C)C(=O)N(C)[C@@H](CC(C)C)C(=O)N(C)CC(=O)N1C)[C@H](C)CC(O)C(C)O.CCC. The summed E-state index contributed by atoms with van der Waals surface area (Å²) >= 11 is 0. The van der Waals surface area contributed by atoms with E-state index >= 15 is 0 Å². The monoisotopic (exact) mass is 1280 g/mol. The third kappa shape index (κ3) is 27.6. The molecule has 6 N–H and O–H groups in total. The lowest BCUT2D eigenvalue weighted by molar-refractivity contribution is -0.162. The second-order valence-electron chi connectivity index (χ2n) is 26.0. The number of likely N-dealkylation sites (N-methyl/N-ethyl adjacent to an activating group) is 7. The summed E-state index contributed by atoms with van der Waals surface area (Å²) in [5, 5.41) is 31.6. The van der Waals surface area contributed by atoms with Crippen LogP contribution < -0.4 is 21.3 Å². The molecule has 0 spiro atoms. The molecule has 90 heavy (non-hydrogen) atoms. The predicted octanol–water partition coefficient (Wildman–Crippen LogP) is 2.64. The predicted molar refractivity (Wildman–Crippen MR) is 345 cm³/mol. The van der Waals surface area contributed by atoms with Crippen molar-refractivity contribution < 1.29 is 72.5 Å². The third-order valence-corrected chi connectivity index (χ3v) is 15.4. The summed E-state index contributed by atoms with van der Waals surface area (Å²) in [6.07, 6.45) is -2.66. The van der Waals surface area contributed by atoms with Crippen molar-refractivity contribution in [2.45, 2.75) is 237 Å². The van der Waals surface area contributed by atoms with Gasteiger partial charge in [0.15, 0.2) is 0 Å². The molecule has 26 nitrogen and oxygen atoms in total. The van der Waals surface area contributed by atoms with Gasteiger partial charge >= 0.3 is 5.97 Å². The molecule has 520 valence electrons. The van der Waals surface area contributed by atoms with Crippen LogP contribution in [0, 0.1) is 35.5 Å². The number of carbonyl (C=O) groups excluding carboxylic acids is 12. The van der Waals surface area contributed by atoms with E-state index in [0.717, 1.165) is 26.5 Å². The Hall–Kier alpha value is -6.44. The van der Waals surface area contributed by atoms with Crippen LogP contribution in [0.15, 0.2) is 0 Å². The van der Waals surface area contributed by atoms with E-state index in [-0.39, 0.29) is 55.8 Å². The zero-order valence-electron chi connectivity index (χ0n) is 59.5. The molecule has 12 atom stereocenters. The van der Waals surface area contributed by atoms with E-state index in [4.69, 9.17) is 4.74 Å². The molecule has 1 aliphatic heterocycles. The number of esters is 1. The fraction of sp³-hybridized carbons (Fsp3) is 0.812. The number of carbonyl (C=O) groups is 12. The van der Waals surface area contributed by atoms with Crippen LogP contribution in [0.4, 0.5) is 0 Å². The fourth-order valence-electron chi connectivity index (χ4n) is 10.00. The van der Waals surface area contributed by atoms with E-state index in [2.05, 4.69) is 35.1 Å². The van der Waals surface area contributed by atoms with Crippen LogP contribution in [0.3, 0.4) is 0 Å². The largest absolute Gasteiger partial charge is 0.459 e. The van der Waals surface area contributed by atoms with Gasteiger partial charge in [0.05, 0.1) is 31.8 Å². The fourth-order valence-corrected chi connectivity index (χ4v) is 10.00. The summed E-state index contributed by atoms with van der Waals surface area (Å²) < 4.78 is 5.69. The molecule has 11 amide bonds. The number of aliphatic hydroxyl groups excluding tert-OH is 2. The molecule has 1 saturated heterocycles. The molecule has 0 aromatic rings. The van der Waals surface area contributed by atoms with Crippen LogP contribution >= 0.6 is 0 Å². The van der Waals surface area contributed by atoms with Crippen LogP contribution in [0.2, 0.25) is 0 Å². The normalized spacial score (nSPS) is 24.5. The summed E-state index contributed by atoms with van der Waals surface area (Å²) in [6, 6.07) is -10.1. The highest BCUT2D eigenvalue weighted by molar-refractivity contribution is 5.99. The Balaban J connectivity index is 0. The van der Waals surface area contributed by atoms with Gasteiger partial charge in [0.2, 0.25) is 65.0 Å². The standard InChI is InChI=1S/C59H105N11O15.C3H8.C2H6/c1-31(2)23-41-54(79)63-49(35(9)10)59(84)67(19)42(24-32(3)4)53(78)61-37(12)52(77)62-38(13)56(81)68(20)44(26-34(7)8)58(83)69(21)43(25-33(5)6)57(82)65(17)30-48(76)70(22)50(51(85-40(15)72)36(11)27-45(73)39(14)71)55(80)60-28-46(74)64(16)29-47(75)66(41)18;1-3-2;1-2/h31-39,41-45,49-51,71,73H,23-30H2,1-22H3,(H,60,80)(H,61,78)(H,62,77)(H,63,79);3H2,1-2H3;1-2H3/t36-,37+,38-,39?,41+,42+,43+,44+,45?,49?,50?,51-;;/m1../s1. The van der Waals surface area contributed by atoms with Crippen molar-refractivity contribution in [3.05, 3.63) is 0 Å². The second kappa shape index (κ2) is 41.1. The lowest BCUT2D eigenvalue weighted by Crippen LogP contribution is -2.60. The summed E-state index contributed by atoms with van der Waals surface area (Å²) in [7, 11) is 9.40. The van der Waals surface area contributed by atoms with Gasteiger partial charge in [-0.2, -0.15) is 0 Å². The molecule has 4 unspecified atom stereocenters. The van der Waals surface area contributed by atoms with Crippen LogP contribution in [0.25, 0.3) is 0 Å². The van der Waals surface area contributed by atoms with Crippen molar-refractivity contribution >= 4 is 70.9 Å². The van der Waals surface area contributed by atoms with E-state index in [1.54, 1.807) is 13.8 Å². The lowest BCUT2D eigenvalue weighted by Gasteiger charge is -2.39. The maximum absolute atomic E-state index is 14.8. The minimum absolute atomic E-state index is 0.0957. The van der Waals surface area contributed by atoms with Crippen molar-refractivity contribution in [3.8, 4) is 0 Å². The molecule has 0 aromatic carbocycles. The first-order valence-corrected chi connectivity index (χ1v) is 32.0. The molecule has 1 heterocycles. The molecular formula is C64H119N11O15. The summed E-state index contributed by atoms with van der Waals surface area (Å²) in [4.78, 5) is 178. The van der Waals surface area contributed by atoms with Gasteiger partial charge in [0.1, 0.15) is 54.4 Å². The average molecular weight is 1280 g/mol. The van der Waals surface area contributed by atoms with Crippen molar-refractivity contribution in [3.63, 3.8) is 0 Å². The molecule has 1 fully saturated rings. The molecule has 26 heteroatoms. The van der Waals surface area contributed by atoms with E-state index in [0.29, 0.717) is 0 Å². The van der Waals surface area contributed by atoms with Crippen molar-refractivity contribution in [1.29, 1.82) is 0 Å². The Morgan fingerprint density at radius 3 is 1.33 bits per heavy atom. The van der Waals surface area contributed by atoms with E-state index in [9.17, 15) is 67.7 Å². The molecule has 0 bridgehead atoms. The molecular weight excluding hydrogens is 1160 g/mol. The molecule has 1 aliphatic rings. The number of amides is 11. The molecule has 0 aliphatic carbocycles. The Bertz CT molecular complexity index is 2350. The van der Waals surface area contributed by atoms with Gasteiger partial charge in [-0.3, -0.25) is 57.5 Å². The highest BCUT2D eigenvalue weighted by Gasteiger charge is 2.44. The van der Waals surface area contributed by atoms with Gasteiger partial charge in [-0.1, -0.05) is 110 Å². The zero-order valence-corrected chi connectivity index (χ0v) is 59.5. The molecule has 0 saturated carbocycles. The minimum atomic E-state index is -1.74. The van der Waals surface area contributed by atoms with Crippen LogP contribution in [0.1, 0.15) is 170 Å². The second-order valence-corrected chi connectivity index (χ2v) is 26.0. The van der Waals surface area contributed by atoms with Gasteiger partial charge in [0, 0.05) is 56.3 Å². The Kier molecular flexibility index (Phi) is 39.1. The first-order chi connectivity index (χ1) is 41.5. The van der Waals surface area contributed by atoms with E-state index in [1.807, 2.05) is 69.2 Å². The van der Waals surface area contributed by atoms with E-state index < -0.39 is 169 Å². The van der Waals surface area contributed by atoms with Gasteiger partial charge in [-0.15, -0.1) is 0 Å². The lowest BCUT2D eigenvalue weighted by atomic mass is 9.89. The zero-order chi connectivity index (χ0) is 70.7. The highest BCUT2D eigenvalue weighted by atomic mass is 16.5. The first kappa shape index (κ1) is 85.6.